The van der Waals surface area contributed by atoms with Crippen molar-refractivity contribution in [1.29, 1.82) is 5.26 Å². The van der Waals surface area contributed by atoms with Crippen LogP contribution in [0.3, 0.4) is 0 Å². The molecule has 6 nitrogen and oxygen atoms in total. The summed E-state index contributed by atoms with van der Waals surface area (Å²) in [5, 5.41) is 12.7. The first-order valence-electron chi connectivity index (χ1n) is 9.19. The van der Waals surface area contributed by atoms with Gasteiger partial charge in [0.25, 0.3) is 5.56 Å². The number of carbonyl (C=O) groups excluding carboxylic acids is 1. The number of nitrogens with zero attached hydrogens (tertiary/aromatic N) is 3. The summed E-state index contributed by atoms with van der Waals surface area (Å²) in [6, 6.07) is 12.1. The predicted molar refractivity (Wildman–Crippen MR) is 109 cm³/mol. The normalized spacial score (nSPS) is 15.8. The molecule has 0 spiro atoms. The number of carbonyl (C=O) groups is 1. The van der Waals surface area contributed by atoms with Gasteiger partial charge in [-0.1, -0.05) is 30.3 Å². The van der Waals surface area contributed by atoms with Crippen LogP contribution in [0.1, 0.15) is 25.3 Å². The number of nitrogens with one attached hydrogen (secondary N) is 1. The third-order valence-corrected chi connectivity index (χ3v) is 6.54. The first-order chi connectivity index (χ1) is 13.4. The minimum atomic E-state index is -0.878. The highest BCUT2D eigenvalue weighted by Gasteiger charge is 2.43. The lowest BCUT2D eigenvalue weighted by Gasteiger charge is -2.23. The lowest BCUT2D eigenvalue weighted by molar-refractivity contribution is -0.123. The summed E-state index contributed by atoms with van der Waals surface area (Å²) in [7, 11) is 0. The van der Waals surface area contributed by atoms with Crippen molar-refractivity contribution >= 4 is 27.5 Å². The van der Waals surface area contributed by atoms with E-state index in [-0.39, 0.29) is 23.9 Å². The van der Waals surface area contributed by atoms with Gasteiger partial charge in [-0.25, -0.2) is 4.98 Å². The average molecular weight is 392 g/mol. The van der Waals surface area contributed by atoms with Crippen LogP contribution >= 0.6 is 11.3 Å². The number of thiophene rings is 1. The van der Waals surface area contributed by atoms with Crippen LogP contribution in [0.4, 0.5) is 0 Å². The Morgan fingerprint density at radius 3 is 2.75 bits per heavy atom. The molecule has 3 aromatic rings. The highest BCUT2D eigenvalue weighted by atomic mass is 32.1. The Hall–Kier alpha value is -2.98. The van der Waals surface area contributed by atoms with Gasteiger partial charge in [-0.15, -0.1) is 11.3 Å². The fraction of sp³-hybridized carbons (Fsp3) is 0.333. The zero-order valence-electron chi connectivity index (χ0n) is 15.7. The number of nitriles is 1. The van der Waals surface area contributed by atoms with E-state index in [1.54, 1.807) is 6.92 Å². The molecular weight excluding hydrogens is 372 g/mol. The van der Waals surface area contributed by atoms with Gasteiger partial charge in [0, 0.05) is 4.88 Å². The highest BCUT2D eigenvalue weighted by Crippen LogP contribution is 2.39. The second-order valence-electron chi connectivity index (χ2n) is 7.42. The van der Waals surface area contributed by atoms with Gasteiger partial charge in [-0.2, -0.15) is 5.26 Å². The predicted octanol–water partition coefficient (Wildman–Crippen LogP) is 3.24. The van der Waals surface area contributed by atoms with Gasteiger partial charge in [0.05, 0.1) is 17.8 Å². The molecule has 0 aliphatic heterocycles. The molecule has 4 rings (SSSR count). The van der Waals surface area contributed by atoms with Gasteiger partial charge in [0.1, 0.15) is 16.9 Å². The molecule has 28 heavy (non-hydrogen) atoms. The molecule has 7 heteroatoms. The Morgan fingerprint density at radius 1 is 1.39 bits per heavy atom. The molecule has 1 aliphatic carbocycles. The van der Waals surface area contributed by atoms with E-state index in [1.165, 1.54) is 22.2 Å². The summed E-state index contributed by atoms with van der Waals surface area (Å²) in [5.41, 5.74) is 0.803. The molecule has 1 saturated carbocycles. The van der Waals surface area contributed by atoms with Crippen LogP contribution in [0, 0.1) is 24.2 Å². The topological polar surface area (TPSA) is 87.8 Å². The fourth-order valence-corrected chi connectivity index (χ4v) is 4.65. The van der Waals surface area contributed by atoms with Gasteiger partial charge in [0.15, 0.2) is 0 Å². The van der Waals surface area contributed by atoms with Crippen molar-refractivity contribution in [1.82, 2.24) is 14.9 Å². The number of benzene rings is 1. The summed E-state index contributed by atoms with van der Waals surface area (Å²) in [6.45, 7) is 3.50. The second-order valence-corrected chi connectivity index (χ2v) is 8.42. The molecule has 0 bridgehead atoms. The minimum Gasteiger partial charge on any atom is -0.336 e. The molecule has 0 unspecified atom stereocenters. The quantitative estimate of drug-likeness (QED) is 0.722. The monoisotopic (exact) mass is 392 g/mol. The van der Waals surface area contributed by atoms with Gasteiger partial charge < -0.3 is 5.32 Å². The Morgan fingerprint density at radius 2 is 2.11 bits per heavy atom. The molecule has 2 heterocycles. The van der Waals surface area contributed by atoms with Crippen molar-refractivity contribution in [2.24, 2.45) is 5.92 Å². The van der Waals surface area contributed by atoms with Gasteiger partial charge >= 0.3 is 0 Å². The highest BCUT2D eigenvalue weighted by molar-refractivity contribution is 7.22. The van der Waals surface area contributed by atoms with E-state index < -0.39 is 5.54 Å². The summed E-state index contributed by atoms with van der Waals surface area (Å²) < 4.78 is 1.32. The molecule has 0 saturated heterocycles. The zero-order chi connectivity index (χ0) is 19.9. The molecule has 142 valence electrons. The maximum absolute atomic E-state index is 13.0. The van der Waals surface area contributed by atoms with E-state index in [4.69, 9.17) is 0 Å². The van der Waals surface area contributed by atoms with Crippen molar-refractivity contribution in [2.75, 3.05) is 0 Å². The molecule has 1 aliphatic rings. The summed E-state index contributed by atoms with van der Waals surface area (Å²) >= 11 is 1.48. The lowest BCUT2D eigenvalue weighted by Crippen LogP contribution is -2.48. The Labute approximate surface area is 166 Å². The molecular formula is C21H20N4O2S. The van der Waals surface area contributed by atoms with E-state index in [1.807, 2.05) is 37.3 Å². The van der Waals surface area contributed by atoms with Crippen LogP contribution in [-0.4, -0.2) is 21.0 Å². The van der Waals surface area contributed by atoms with Crippen molar-refractivity contribution < 1.29 is 4.79 Å². The van der Waals surface area contributed by atoms with E-state index in [2.05, 4.69) is 16.4 Å². The van der Waals surface area contributed by atoms with Crippen LogP contribution in [0.15, 0.2) is 41.5 Å². The molecule has 1 aromatic carbocycles. The molecule has 0 radical (unpaired) electrons. The summed E-state index contributed by atoms with van der Waals surface area (Å²) in [5.74, 6) is -0.165. The van der Waals surface area contributed by atoms with Crippen molar-refractivity contribution in [3.05, 3.63) is 52.6 Å². The average Bonchev–Trinajstić information content (AvgIpc) is 3.49. The zero-order valence-corrected chi connectivity index (χ0v) is 16.5. The van der Waals surface area contributed by atoms with E-state index >= 15 is 0 Å². The molecule has 1 N–H and O–H groups in total. The molecule has 1 fully saturated rings. The van der Waals surface area contributed by atoms with Crippen LogP contribution < -0.4 is 10.9 Å². The van der Waals surface area contributed by atoms with E-state index in [0.717, 1.165) is 28.8 Å². The maximum Gasteiger partial charge on any atom is 0.262 e. The number of aryl methyl sites for hydroxylation is 1. The molecule has 1 atom stereocenters. The maximum atomic E-state index is 13.0. The fourth-order valence-electron chi connectivity index (χ4n) is 3.50. The summed E-state index contributed by atoms with van der Waals surface area (Å²) in [6.07, 6.45) is 3.29. The van der Waals surface area contributed by atoms with Crippen LogP contribution in [0.5, 0.6) is 0 Å². The first-order valence-corrected chi connectivity index (χ1v) is 10.0. The second kappa shape index (κ2) is 6.88. The van der Waals surface area contributed by atoms with Crippen LogP contribution in [0.2, 0.25) is 0 Å². The third kappa shape index (κ3) is 3.20. The Bertz CT molecular complexity index is 1150. The van der Waals surface area contributed by atoms with Crippen molar-refractivity contribution in [3.63, 3.8) is 0 Å². The minimum absolute atomic E-state index is 0.151. The first kappa shape index (κ1) is 18.4. The van der Waals surface area contributed by atoms with E-state index in [9.17, 15) is 14.9 Å². The number of hydrogen-bond acceptors (Lipinski definition) is 5. The van der Waals surface area contributed by atoms with E-state index in [0.29, 0.717) is 10.2 Å². The number of fused-ring (bicyclic) bond motifs is 1. The Kier molecular flexibility index (Phi) is 4.52. The van der Waals surface area contributed by atoms with Crippen LogP contribution in [-0.2, 0) is 11.3 Å². The lowest BCUT2D eigenvalue weighted by atomic mass is 9.98. The van der Waals surface area contributed by atoms with Crippen molar-refractivity contribution in [2.45, 2.75) is 38.8 Å². The largest absolute Gasteiger partial charge is 0.336 e. The number of aromatic nitrogens is 2. The molecule has 2 aromatic heterocycles. The number of hydrogen-bond donors (Lipinski definition) is 1. The van der Waals surface area contributed by atoms with Gasteiger partial charge in [-0.05, 0) is 43.7 Å². The van der Waals surface area contributed by atoms with Crippen LogP contribution in [0.25, 0.3) is 20.7 Å². The summed E-state index contributed by atoms with van der Waals surface area (Å²) in [4.78, 5) is 31.5. The van der Waals surface area contributed by atoms with Crippen molar-refractivity contribution in [3.8, 4) is 16.5 Å². The van der Waals surface area contributed by atoms with Gasteiger partial charge in [0.2, 0.25) is 5.91 Å². The standard InChI is InChI=1S/C21H20N4O2S/c1-13-17-19(28-18(13)14-6-4-3-5-7-14)23-12-25(20(17)27)10-16(26)24-21(2,11-22)15-8-9-15/h3-7,12,15H,8-10H2,1-2H3,(H,24,26)/t21-/m1/s1. The molecule has 1 amide bonds. The number of amides is 1. The van der Waals surface area contributed by atoms with Gasteiger partial charge in [-0.3, -0.25) is 14.2 Å². The Balaban J connectivity index is 1.65. The third-order valence-electron chi connectivity index (χ3n) is 5.29. The smallest absolute Gasteiger partial charge is 0.262 e. The number of rotatable bonds is 5. The SMILES string of the molecule is Cc1c(-c2ccccc2)sc2ncn(CC(=O)N[C@](C)(C#N)C3CC3)c(=O)c12.